The van der Waals surface area contributed by atoms with Gasteiger partial charge in [-0.3, -0.25) is 0 Å². The van der Waals surface area contributed by atoms with E-state index in [1.807, 2.05) is 39.8 Å². The Kier molecular flexibility index (Phi) is 3.60. The highest BCUT2D eigenvalue weighted by atomic mass is 16.7. The van der Waals surface area contributed by atoms with Crippen molar-refractivity contribution in [2.45, 2.75) is 45.3 Å². The van der Waals surface area contributed by atoms with Crippen molar-refractivity contribution in [1.29, 1.82) is 5.26 Å². The van der Waals surface area contributed by atoms with Crippen LogP contribution in [0.25, 0.3) is 0 Å². The monoisotopic (exact) mass is 268 g/mol. The van der Waals surface area contributed by atoms with Crippen molar-refractivity contribution >= 4 is 12.7 Å². The second-order valence-electron chi connectivity index (χ2n) is 5.82. The summed E-state index contributed by atoms with van der Waals surface area (Å²) >= 11 is 0. The molecule has 1 aromatic rings. The fourth-order valence-corrected chi connectivity index (χ4v) is 1.98. The smallest absolute Gasteiger partial charge is 0.398 e. The van der Waals surface area contributed by atoms with E-state index in [1.54, 1.807) is 6.07 Å². The maximum absolute atomic E-state index is 9.00. The Labute approximate surface area is 120 Å². The summed E-state index contributed by atoms with van der Waals surface area (Å²) in [7, 11) is -0.600. The van der Waals surface area contributed by atoms with Gasteiger partial charge in [0.15, 0.2) is 0 Å². The molecule has 102 valence electrons. The molecule has 1 aliphatic heterocycles. The van der Waals surface area contributed by atoms with Gasteiger partial charge in [-0.1, -0.05) is 6.07 Å². The molecule has 4 nitrogen and oxygen atoms in total. The Balaban J connectivity index is 2.43. The van der Waals surface area contributed by atoms with Gasteiger partial charge in [0.2, 0.25) is 0 Å². The minimum atomic E-state index is -0.600. The lowest BCUT2D eigenvalue weighted by atomic mass is 9.80. The minimum absolute atomic E-state index is 0.329. The van der Waals surface area contributed by atoms with Crippen molar-refractivity contribution in [3.8, 4) is 18.4 Å². The van der Waals surface area contributed by atoms with E-state index >= 15 is 0 Å². The van der Waals surface area contributed by atoms with Gasteiger partial charge in [-0.2, -0.15) is 5.26 Å². The van der Waals surface area contributed by atoms with Gasteiger partial charge in [-0.25, -0.2) is 4.98 Å². The Bertz CT molecular complexity index is 595. The van der Waals surface area contributed by atoms with Crippen LogP contribution in [0.2, 0.25) is 0 Å². The zero-order valence-electron chi connectivity index (χ0n) is 12.2. The first-order valence-electron chi connectivity index (χ1n) is 6.50. The topological polar surface area (TPSA) is 55.1 Å². The molecule has 0 aromatic carbocycles. The zero-order valence-corrected chi connectivity index (χ0v) is 12.2. The summed E-state index contributed by atoms with van der Waals surface area (Å²) in [5.74, 6) is 2.59. The highest BCUT2D eigenvalue weighted by Gasteiger charge is 2.52. The molecule has 1 fully saturated rings. The lowest BCUT2D eigenvalue weighted by Gasteiger charge is -2.32. The molecule has 1 saturated heterocycles. The first-order chi connectivity index (χ1) is 9.30. The SMILES string of the molecule is C#CCc1ccc(C#N)nc1B1OC(C)(C)C(C)(C)O1. The number of pyridine rings is 1. The van der Waals surface area contributed by atoms with Crippen LogP contribution >= 0.6 is 0 Å². The molecule has 20 heavy (non-hydrogen) atoms. The number of nitriles is 1. The predicted molar refractivity (Wildman–Crippen MR) is 77.2 cm³/mol. The number of aromatic nitrogens is 1. The van der Waals surface area contributed by atoms with Gasteiger partial charge in [-0.05, 0) is 39.3 Å². The van der Waals surface area contributed by atoms with E-state index in [4.69, 9.17) is 21.0 Å². The van der Waals surface area contributed by atoms with E-state index in [1.165, 1.54) is 0 Å². The first kappa shape index (κ1) is 14.6. The molecule has 1 aliphatic rings. The van der Waals surface area contributed by atoms with Crippen molar-refractivity contribution in [3.05, 3.63) is 23.4 Å². The fraction of sp³-hybridized carbons (Fsp3) is 0.467. The lowest BCUT2D eigenvalue weighted by molar-refractivity contribution is 0.00578. The molecule has 0 bridgehead atoms. The molecule has 0 saturated carbocycles. The van der Waals surface area contributed by atoms with E-state index < -0.39 is 18.3 Å². The molecule has 0 atom stereocenters. The highest BCUT2D eigenvalue weighted by Crippen LogP contribution is 2.36. The molecule has 0 unspecified atom stereocenters. The third kappa shape index (κ3) is 2.43. The Morgan fingerprint density at radius 3 is 2.35 bits per heavy atom. The molecular formula is C15H17BN2O2. The average molecular weight is 268 g/mol. The van der Waals surface area contributed by atoms with Gasteiger partial charge in [0.05, 0.1) is 16.8 Å². The van der Waals surface area contributed by atoms with Gasteiger partial charge in [0.25, 0.3) is 0 Å². The average Bonchev–Trinajstić information content (AvgIpc) is 2.59. The van der Waals surface area contributed by atoms with E-state index in [0.717, 1.165) is 5.56 Å². The summed E-state index contributed by atoms with van der Waals surface area (Å²) in [6.45, 7) is 7.90. The van der Waals surface area contributed by atoms with Crippen LogP contribution in [0.4, 0.5) is 0 Å². The molecule has 0 N–H and O–H groups in total. The van der Waals surface area contributed by atoms with Gasteiger partial charge < -0.3 is 9.31 Å². The van der Waals surface area contributed by atoms with Crippen LogP contribution in [0.5, 0.6) is 0 Å². The van der Waals surface area contributed by atoms with E-state index in [2.05, 4.69) is 10.9 Å². The Hall–Kier alpha value is -1.82. The second-order valence-corrected chi connectivity index (χ2v) is 5.82. The molecule has 0 amide bonds. The van der Waals surface area contributed by atoms with Crippen LogP contribution in [-0.4, -0.2) is 23.3 Å². The van der Waals surface area contributed by atoms with Crippen LogP contribution in [0.15, 0.2) is 12.1 Å². The molecule has 1 aromatic heterocycles. The molecule has 0 radical (unpaired) electrons. The molecule has 2 rings (SSSR count). The number of nitrogens with zero attached hydrogens (tertiary/aromatic N) is 2. The van der Waals surface area contributed by atoms with Crippen molar-refractivity contribution < 1.29 is 9.31 Å². The molecule has 0 spiro atoms. The number of hydrogen-bond acceptors (Lipinski definition) is 4. The Morgan fingerprint density at radius 1 is 1.25 bits per heavy atom. The number of rotatable bonds is 2. The Morgan fingerprint density at radius 2 is 1.85 bits per heavy atom. The van der Waals surface area contributed by atoms with Crippen LogP contribution in [0, 0.1) is 23.7 Å². The number of terminal acetylenes is 1. The quantitative estimate of drug-likeness (QED) is 0.601. The minimum Gasteiger partial charge on any atom is -0.398 e. The fourth-order valence-electron chi connectivity index (χ4n) is 1.98. The predicted octanol–water partition coefficient (Wildman–Crippen LogP) is 1.43. The largest absolute Gasteiger partial charge is 0.514 e. The zero-order chi connectivity index (χ0) is 15.0. The normalized spacial score (nSPS) is 19.4. The second kappa shape index (κ2) is 4.94. The van der Waals surface area contributed by atoms with Crippen molar-refractivity contribution in [1.82, 2.24) is 4.98 Å². The summed E-state index contributed by atoms with van der Waals surface area (Å²) in [6, 6.07) is 5.49. The van der Waals surface area contributed by atoms with Crippen LogP contribution in [0.3, 0.4) is 0 Å². The molecule has 0 aliphatic carbocycles. The maximum Gasteiger partial charge on any atom is 0.514 e. The third-order valence-electron chi connectivity index (χ3n) is 3.90. The summed E-state index contributed by atoms with van der Waals surface area (Å²) in [5, 5.41) is 9.00. The summed E-state index contributed by atoms with van der Waals surface area (Å²) in [5.41, 5.74) is 0.881. The van der Waals surface area contributed by atoms with Crippen LogP contribution in [-0.2, 0) is 15.7 Å². The molecule has 5 heteroatoms. The van der Waals surface area contributed by atoms with Crippen LogP contribution < -0.4 is 5.59 Å². The number of hydrogen-bond donors (Lipinski definition) is 0. The highest BCUT2D eigenvalue weighted by molar-refractivity contribution is 6.61. The summed E-state index contributed by atoms with van der Waals surface area (Å²) < 4.78 is 11.9. The van der Waals surface area contributed by atoms with Crippen molar-refractivity contribution in [2.75, 3.05) is 0 Å². The first-order valence-corrected chi connectivity index (χ1v) is 6.50. The van der Waals surface area contributed by atoms with Crippen molar-refractivity contribution in [2.24, 2.45) is 0 Å². The summed E-state index contributed by atoms with van der Waals surface area (Å²) in [4.78, 5) is 4.32. The van der Waals surface area contributed by atoms with E-state index in [0.29, 0.717) is 17.7 Å². The van der Waals surface area contributed by atoms with Gasteiger partial charge in [-0.15, -0.1) is 12.3 Å². The van der Waals surface area contributed by atoms with E-state index in [9.17, 15) is 0 Å². The van der Waals surface area contributed by atoms with Gasteiger partial charge in [0.1, 0.15) is 11.8 Å². The maximum atomic E-state index is 9.00. The van der Waals surface area contributed by atoms with Gasteiger partial charge in [0, 0.05) is 6.42 Å². The van der Waals surface area contributed by atoms with Gasteiger partial charge >= 0.3 is 7.12 Å². The lowest BCUT2D eigenvalue weighted by Crippen LogP contribution is -2.41. The molecule has 2 heterocycles. The molecular weight excluding hydrogens is 251 g/mol. The summed E-state index contributed by atoms with van der Waals surface area (Å²) in [6.07, 6.45) is 5.81. The van der Waals surface area contributed by atoms with E-state index in [-0.39, 0.29) is 0 Å². The third-order valence-corrected chi connectivity index (χ3v) is 3.90. The van der Waals surface area contributed by atoms with Crippen molar-refractivity contribution in [3.63, 3.8) is 0 Å². The van der Waals surface area contributed by atoms with Crippen LogP contribution in [0.1, 0.15) is 39.0 Å². The standard InChI is InChI=1S/C15H17BN2O2/c1-6-7-11-8-9-12(10-17)18-13(11)16-19-14(2,3)15(4,5)20-16/h1,8-9H,7H2,2-5H3.